The van der Waals surface area contributed by atoms with Crippen LogP contribution >= 0.6 is 11.3 Å². The number of nitrogens with zero attached hydrogens (tertiary/aromatic N) is 2. The first-order chi connectivity index (χ1) is 26.1. The van der Waals surface area contributed by atoms with E-state index in [0.717, 1.165) is 22.5 Å². The van der Waals surface area contributed by atoms with Crippen molar-refractivity contribution >= 4 is 85.8 Å². The highest BCUT2D eigenvalue weighted by Crippen LogP contribution is 2.52. The summed E-state index contributed by atoms with van der Waals surface area (Å²) in [4.78, 5) is 6.77. The van der Waals surface area contributed by atoms with E-state index in [1.807, 2.05) is 11.3 Å². The molecule has 2 nitrogen and oxygen atoms in total. The van der Waals surface area contributed by atoms with Crippen LogP contribution in [0.3, 0.4) is 0 Å². The molecule has 0 fully saturated rings. The van der Waals surface area contributed by atoms with Gasteiger partial charge in [-0.3, -0.25) is 0 Å². The van der Waals surface area contributed by atoms with Gasteiger partial charge >= 0.3 is 0 Å². The third-order valence-electron chi connectivity index (χ3n) is 11.9. The normalized spacial score (nSPS) is 13.6. The van der Waals surface area contributed by atoms with Crippen LogP contribution in [0.4, 0.5) is 0 Å². The molecule has 0 bridgehead atoms. The van der Waals surface area contributed by atoms with Gasteiger partial charge in [0.05, 0.1) is 16.7 Å². The van der Waals surface area contributed by atoms with Gasteiger partial charge in [-0.25, -0.2) is 4.98 Å². The molecule has 53 heavy (non-hydrogen) atoms. The average molecular weight is 693 g/mol. The van der Waals surface area contributed by atoms with Crippen molar-refractivity contribution in [2.75, 3.05) is 0 Å². The summed E-state index contributed by atoms with van der Waals surface area (Å²) in [6.45, 7) is 4.75. The van der Waals surface area contributed by atoms with Crippen LogP contribution < -0.4 is 0 Å². The van der Waals surface area contributed by atoms with Gasteiger partial charge in [-0.1, -0.05) is 135 Å². The monoisotopic (exact) mass is 692 g/mol. The van der Waals surface area contributed by atoms with E-state index in [9.17, 15) is 0 Å². The number of para-hydroxylation sites is 1. The highest BCUT2D eigenvalue weighted by atomic mass is 32.1. The maximum Gasteiger partial charge on any atom is 0.109 e. The van der Waals surface area contributed by atoms with E-state index in [1.165, 1.54) is 91.2 Å². The fourth-order valence-corrected chi connectivity index (χ4v) is 10.8. The standard InChI is InChI=1S/C50H32N2S/c1-50(2)40-23-10-7-18-33(40)38-28-43-39(27-41(38)50)46-37-22-9-12-25-44(37)53-49(46)52(43)30-15-13-14-29(26-30)48-47-35-20-6-4-17-32(35)31-16-3-5-19-34(31)45(47)36-21-8-11-24-42(36)51-48/h3-28H,1-2H3. The van der Waals surface area contributed by atoms with Gasteiger partial charge in [0.1, 0.15) is 4.83 Å². The van der Waals surface area contributed by atoms with E-state index >= 15 is 0 Å². The van der Waals surface area contributed by atoms with Crippen molar-refractivity contribution in [2.24, 2.45) is 0 Å². The molecule has 3 heteroatoms. The molecular formula is C50H32N2S. The third kappa shape index (κ3) is 3.84. The Bertz CT molecular complexity index is 3380. The molecular weight excluding hydrogens is 661 g/mol. The Morgan fingerprint density at radius 2 is 1.15 bits per heavy atom. The van der Waals surface area contributed by atoms with Gasteiger partial charge in [0.15, 0.2) is 0 Å². The lowest BCUT2D eigenvalue weighted by atomic mass is 9.82. The lowest BCUT2D eigenvalue weighted by molar-refractivity contribution is 0.661. The first-order valence-electron chi connectivity index (χ1n) is 18.4. The smallest absolute Gasteiger partial charge is 0.109 e. The fourth-order valence-electron chi connectivity index (χ4n) is 9.56. The number of fused-ring (bicyclic) bond motifs is 16. The van der Waals surface area contributed by atoms with Gasteiger partial charge in [0, 0.05) is 53.7 Å². The second-order valence-electron chi connectivity index (χ2n) is 15.1. The molecule has 0 saturated carbocycles. The van der Waals surface area contributed by atoms with Crippen LogP contribution in [0.5, 0.6) is 0 Å². The van der Waals surface area contributed by atoms with Crippen molar-refractivity contribution in [2.45, 2.75) is 19.3 Å². The minimum absolute atomic E-state index is 0.0734. The molecule has 3 aromatic heterocycles. The molecule has 0 N–H and O–H groups in total. The summed E-state index contributed by atoms with van der Waals surface area (Å²) in [5.74, 6) is 0. The van der Waals surface area contributed by atoms with Crippen molar-refractivity contribution in [3.8, 4) is 28.1 Å². The molecule has 0 unspecified atom stereocenters. The maximum atomic E-state index is 5.49. The number of thiophene rings is 1. The molecule has 0 amide bonds. The van der Waals surface area contributed by atoms with Gasteiger partial charge in [-0.2, -0.15) is 0 Å². The Balaban J connectivity index is 1.20. The van der Waals surface area contributed by atoms with Crippen molar-refractivity contribution in [1.82, 2.24) is 9.55 Å². The van der Waals surface area contributed by atoms with Crippen LogP contribution in [0.25, 0.3) is 102 Å². The quantitative estimate of drug-likeness (QED) is 0.165. The van der Waals surface area contributed by atoms with E-state index in [-0.39, 0.29) is 5.41 Å². The molecule has 0 aliphatic heterocycles. The molecule has 248 valence electrons. The molecule has 0 atom stereocenters. The van der Waals surface area contributed by atoms with Gasteiger partial charge in [-0.05, 0) is 80.2 Å². The van der Waals surface area contributed by atoms with E-state index in [1.54, 1.807) is 0 Å². The zero-order valence-corrected chi connectivity index (χ0v) is 30.1. The SMILES string of the molecule is CC1(C)c2ccccc2-c2cc3c(cc21)c1c2ccccc2sc1n3-c1cccc(-c2nc3ccccc3c3c4ccccc4c4ccccc4c23)c1. The number of hydrogen-bond acceptors (Lipinski definition) is 2. The Morgan fingerprint density at radius 3 is 1.96 bits per heavy atom. The predicted molar refractivity (Wildman–Crippen MR) is 227 cm³/mol. The van der Waals surface area contributed by atoms with Crippen LogP contribution in [0.1, 0.15) is 25.0 Å². The number of hydrogen-bond donors (Lipinski definition) is 0. The second-order valence-corrected chi connectivity index (χ2v) is 16.1. The minimum atomic E-state index is -0.0734. The number of benzene rings is 8. The van der Waals surface area contributed by atoms with Crippen molar-refractivity contribution < 1.29 is 0 Å². The molecule has 11 aromatic rings. The molecule has 1 aliphatic carbocycles. The molecule has 1 aliphatic rings. The summed E-state index contributed by atoms with van der Waals surface area (Å²) in [5.41, 5.74) is 10.9. The van der Waals surface area contributed by atoms with Crippen LogP contribution in [0.15, 0.2) is 158 Å². The summed E-state index contributed by atoms with van der Waals surface area (Å²) < 4.78 is 3.83. The van der Waals surface area contributed by atoms with Crippen LogP contribution in [-0.4, -0.2) is 9.55 Å². The van der Waals surface area contributed by atoms with Gasteiger partial charge < -0.3 is 4.57 Å². The minimum Gasteiger partial charge on any atom is -0.301 e. The van der Waals surface area contributed by atoms with Crippen LogP contribution in [0, 0.1) is 0 Å². The van der Waals surface area contributed by atoms with E-state index in [4.69, 9.17) is 4.98 Å². The highest BCUT2D eigenvalue weighted by Gasteiger charge is 2.36. The van der Waals surface area contributed by atoms with Crippen molar-refractivity contribution in [3.63, 3.8) is 0 Å². The first-order valence-corrected chi connectivity index (χ1v) is 19.2. The molecule has 0 spiro atoms. The molecule has 0 radical (unpaired) electrons. The van der Waals surface area contributed by atoms with Gasteiger partial charge in [0.25, 0.3) is 0 Å². The van der Waals surface area contributed by atoms with E-state index in [2.05, 4.69) is 176 Å². The average Bonchev–Trinajstić information content (AvgIpc) is 3.81. The van der Waals surface area contributed by atoms with Crippen LogP contribution in [-0.2, 0) is 5.41 Å². The van der Waals surface area contributed by atoms with Gasteiger partial charge in [0.2, 0.25) is 0 Å². The second kappa shape index (κ2) is 10.4. The zero-order chi connectivity index (χ0) is 35.0. The lowest BCUT2D eigenvalue weighted by Gasteiger charge is -2.21. The third-order valence-corrected chi connectivity index (χ3v) is 13.1. The number of rotatable bonds is 2. The summed E-state index contributed by atoms with van der Waals surface area (Å²) in [6, 6.07) is 58.2. The van der Waals surface area contributed by atoms with Gasteiger partial charge in [-0.15, -0.1) is 11.3 Å². The fraction of sp³-hybridized carbons (Fsp3) is 0.0600. The van der Waals surface area contributed by atoms with Crippen molar-refractivity contribution in [3.05, 3.63) is 169 Å². The Morgan fingerprint density at radius 1 is 0.491 bits per heavy atom. The highest BCUT2D eigenvalue weighted by molar-refractivity contribution is 7.25. The Hall–Kier alpha value is -6.29. The summed E-state index contributed by atoms with van der Waals surface area (Å²) in [7, 11) is 0. The zero-order valence-electron chi connectivity index (χ0n) is 29.3. The molecule has 12 rings (SSSR count). The summed E-state index contributed by atoms with van der Waals surface area (Å²) in [5, 5.41) is 12.7. The largest absolute Gasteiger partial charge is 0.301 e. The maximum absolute atomic E-state index is 5.49. The number of aromatic nitrogens is 2. The summed E-state index contributed by atoms with van der Waals surface area (Å²) >= 11 is 1.89. The summed E-state index contributed by atoms with van der Waals surface area (Å²) in [6.07, 6.45) is 0. The molecule has 8 aromatic carbocycles. The Labute approximate surface area is 310 Å². The molecule has 0 saturated heterocycles. The Kier molecular flexibility index (Phi) is 5.75. The van der Waals surface area contributed by atoms with Crippen LogP contribution in [0.2, 0.25) is 0 Å². The van der Waals surface area contributed by atoms with Crippen molar-refractivity contribution in [1.29, 1.82) is 0 Å². The van der Waals surface area contributed by atoms with E-state index < -0.39 is 0 Å². The number of pyridine rings is 1. The topological polar surface area (TPSA) is 17.8 Å². The molecule has 3 heterocycles. The first kappa shape index (κ1) is 29.3. The van der Waals surface area contributed by atoms with E-state index in [0.29, 0.717) is 0 Å². The predicted octanol–water partition coefficient (Wildman–Crippen LogP) is 14.0. The lowest BCUT2D eigenvalue weighted by Crippen LogP contribution is -2.14.